The van der Waals surface area contributed by atoms with E-state index in [-0.39, 0.29) is 17.4 Å². The summed E-state index contributed by atoms with van der Waals surface area (Å²) in [6.45, 7) is 2.76. The number of rotatable bonds is 6. The van der Waals surface area contributed by atoms with Crippen LogP contribution in [0.4, 0.5) is 17.5 Å². The minimum absolute atomic E-state index is 0.114. The van der Waals surface area contributed by atoms with E-state index in [1.165, 1.54) is 10.9 Å². The van der Waals surface area contributed by atoms with Crippen LogP contribution in [-0.4, -0.2) is 92.3 Å². The number of morpholine rings is 1. The highest BCUT2D eigenvalue weighted by molar-refractivity contribution is 5.83. The number of fused-ring (bicyclic) bond motifs is 1. The van der Waals surface area contributed by atoms with Crippen LogP contribution in [0.1, 0.15) is 11.8 Å². The SMILES string of the molecule is Nc1nc(N/N=C/c2ccc(N3CCOCC3)cc2)nc2c1ncn2[C@@H]1O[C@H](CO)C(O)[C@@H]1O. The standard InChI is InChI=1S/C21H26N8O5/c22-18-15-19(29(11-23-15)20-17(32)16(31)14(10-30)34-20)26-21(25-18)27-24-9-12-1-3-13(4-2-12)28-5-7-33-8-6-28/h1-4,9,11,14,16-17,20,30-32H,5-8,10H2,(H3,22,25,26,27)/b24-9+/t14-,16?,17+,20-/m1/s1. The van der Waals surface area contributed by atoms with Gasteiger partial charge < -0.3 is 35.4 Å². The maximum Gasteiger partial charge on any atom is 0.247 e. The van der Waals surface area contributed by atoms with Gasteiger partial charge in [-0.05, 0) is 17.7 Å². The van der Waals surface area contributed by atoms with E-state index in [1.807, 2.05) is 24.3 Å². The van der Waals surface area contributed by atoms with Crippen molar-refractivity contribution in [3.05, 3.63) is 36.2 Å². The van der Waals surface area contributed by atoms with Gasteiger partial charge in [0.05, 0.1) is 32.4 Å². The number of hydrazone groups is 1. The van der Waals surface area contributed by atoms with Crippen LogP contribution in [0.2, 0.25) is 0 Å². The monoisotopic (exact) mass is 470 g/mol. The number of hydrogen-bond acceptors (Lipinski definition) is 12. The Kier molecular flexibility index (Phi) is 6.26. The lowest BCUT2D eigenvalue weighted by molar-refractivity contribution is -0.0511. The molecule has 34 heavy (non-hydrogen) atoms. The second-order valence-electron chi connectivity index (χ2n) is 8.05. The number of benzene rings is 1. The molecule has 3 aromatic rings. The highest BCUT2D eigenvalue weighted by Crippen LogP contribution is 2.32. The fourth-order valence-electron chi connectivity index (χ4n) is 4.04. The van der Waals surface area contributed by atoms with Gasteiger partial charge in [0.15, 0.2) is 17.7 Å². The lowest BCUT2D eigenvalue weighted by Crippen LogP contribution is -2.36. The molecule has 13 heteroatoms. The fraction of sp³-hybridized carbons (Fsp3) is 0.429. The largest absolute Gasteiger partial charge is 0.394 e. The number of nitrogens with zero attached hydrogens (tertiary/aromatic N) is 6. The molecule has 0 amide bonds. The van der Waals surface area contributed by atoms with E-state index in [4.69, 9.17) is 15.2 Å². The number of imidazole rings is 1. The van der Waals surface area contributed by atoms with E-state index >= 15 is 0 Å². The van der Waals surface area contributed by atoms with E-state index in [0.29, 0.717) is 5.52 Å². The molecule has 4 atom stereocenters. The van der Waals surface area contributed by atoms with Gasteiger partial charge in [0, 0.05) is 18.8 Å². The first-order valence-electron chi connectivity index (χ1n) is 10.9. The summed E-state index contributed by atoms with van der Waals surface area (Å²) in [6.07, 6.45) is -1.42. The quantitative estimate of drug-likeness (QED) is 0.227. The number of ether oxygens (including phenoxy) is 2. The Bertz CT molecular complexity index is 1160. The molecule has 1 aromatic carbocycles. The van der Waals surface area contributed by atoms with Crippen LogP contribution in [0.25, 0.3) is 11.2 Å². The second-order valence-corrected chi connectivity index (χ2v) is 8.05. The Hall–Kier alpha value is -3.36. The van der Waals surface area contributed by atoms with Gasteiger partial charge in [0.25, 0.3) is 0 Å². The van der Waals surface area contributed by atoms with Crippen molar-refractivity contribution >= 4 is 34.8 Å². The van der Waals surface area contributed by atoms with E-state index < -0.39 is 31.1 Å². The van der Waals surface area contributed by atoms with Crippen LogP contribution in [0, 0.1) is 0 Å². The number of nitrogen functional groups attached to an aromatic ring is 1. The summed E-state index contributed by atoms with van der Waals surface area (Å²) >= 11 is 0. The molecule has 2 aliphatic rings. The Balaban J connectivity index is 1.31. The maximum absolute atomic E-state index is 10.3. The van der Waals surface area contributed by atoms with E-state index in [2.05, 4.69) is 30.4 Å². The molecule has 2 aliphatic heterocycles. The molecule has 2 saturated heterocycles. The first kappa shape index (κ1) is 22.4. The maximum atomic E-state index is 10.3. The molecule has 13 nitrogen and oxygen atoms in total. The Morgan fingerprint density at radius 1 is 1.15 bits per heavy atom. The van der Waals surface area contributed by atoms with Crippen molar-refractivity contribution in [3.8, 4) is 0 Å². The molecule has 0 aliphatic carbocycles. The van der Waals surface area contributed by atoms with Crippen molar-refractivity contribution in [2.24, 2.45) is 5.10 Å². The second kappa shape index (κ2) is 9.48. The summed E-state index contributed by atoms with van der Waals surface area (Å²) < 4.78 is 12.4. The molecular formula is C21H26N8O5. The van der Waals surface area contributed by atoms with Gasteiger partial charge in [0.1, 0.15) is 23.8 Å². The molecule has 0 saturated carbocycles. The summed E-state index contributed by atoms with van der Waals surface area (Å²) in [5, 5.41) is 33.9. The number of anilines is 3. The van der Waals surface area contributed by atoms with E-state index in [0.717, 1.165) is 37.6 Å². The highest BCUT2D eigenvalue weighted by Gasteiger charge is 2.44. The van der Waals surface area contributed by atoms with Crippen LogP contribution < -0.4 is 16.1 Å². The average Bonchev–Trinajstić information content (AvgIpc) is 3.41. The summed E-state index contributed by atoms with van der Waals surface area (Å²) in [7, 11) is 0. The Morgan fingerprint density at radius 3 is 2.62 bits per heavy atom. The number of aliphatic hydroxyl groups is 3. The number of nitrogens with one attached hydrogen (secondary N) is 1. The first-order chi connectivity index (χ1) is 16.5. The van der Waals surface area contributed by atoms with Crippen molar-refractivity contribution in [3.63, 3.8) is 0 Å². The van der Waals surface area contributed by atoms with Crippen LogP contribution in [0.3, 0.4) is 0 Å². The molecule has 5 rings (SSSR count). The molecular weight excluding hydrogens is 444 g/mol. The third-order valence-electron chi connectivity index (χ3n) is 5.89. The molecule has 4 heterocycles. The highest BCUT2D eigenvalue weighted by atomic mass is 16.6. The minimum atomic E-state index is -1.28. The van der Waals surface area contributed by atoms with Crippen molar-refractivity contribution in [1.82, 2.24) is 19.5 Å². The lowest BCUT2D eigenvalue weighted by Gasteiger charge is -2.28. The van der Waals surface area contributed by atoms with Gasteiger partial charge >= 0.3 is 0 Å². The first-order valence-corrected chi connectivity index (χ1v) is 10.9. The minimum Gasteiger partial charge on any atom is -0.394 e. The zero-order valence-electron chi connectivity index (χ0n) is 18.2. The van der Waals surface area contributed by atoms with Crippen LogP contribution >= 0.6 is 0 Å². The van der Waals surface area contributed by atoms with Gasteiger partial charge in [-0.1, -0.05) is 12.1 Å². The van der Waals surface area contributed by atoms with Gasteiger partial charge in [-0.25, -0.2) is 10.4 Å². The van der Waals surface area contributed by atoms with Crippen molar-refractivity contribution in [2.75, 3.05) is 49.0 Å². The van der Waals surface area contributed by atoms with Crippen molar-refractivity contribution in [2.45, 2.75) is 24.5 Å². The zero-order chi connectivity index (χ0) is 23.7. The van der Waals surface area contributed by atoms with Crippen LogP contribution in [0.5, 0.6) is 0 Å². The normalized spacial score (nSPS) is 25.4. The van der Waals surface area contributed by atoms with Crippen LogP contribution in [0.15, 0.2) is 35.7 Å². The molecule has 6 N–H and O–H groups in total. The summed E-state index contributed by atoms with van der Waals surface area (Å²) in [6, 6.07) is 8.00. The van der Waals surface area contributed by atoms with Crippen molar-refractivity contribution < 1.29 is 24.8 Å². The van der Waals surface area contributed by atoms with Gasteiger partial charge in [-0.3, -0.25) is 4.57 Å². The topological polar surface area (TPSA) is 176 Å². The number of aromatic nitrogens is 4. The molecule has 0 radical (unpaired) electrons. The van der Waals surface area contributed by atoms with E-state index in [9.17, 15) is 15.3 Å². The number of aliphatic hydroxyl groups excluding tert-OH is 3. The molecule has 0 spiro atoms. The number of nitrogens with two attached hydrogens (primary N) is 1. The smallest absolute Gasteiger partial charge is 0.247 e. The zero-order valence-corrected chi connectivity index (χ0v) is 18.2. The van der Waals surface area contributed by atoms with Gasteiger partial charge in [-0.15, -0.1) is 0 Å². The predicted octanol–water partition coefficient (Wildman–Crippen LogP) is -0.697. The predicted molar refractivity (Wildman–Crippen MR) is 123 cm³/mol. The van der Waals surface area contributed by atoms with Gasteiger partial charge in [-0.2, -0.15) is 15.1 Å². The molecule has 0 bridgehead atoms. The summed E-state index contributed by atoms with van der Waals surface area (Å²) in [4.78, 5) is 15.0. The average molecular weight is 470 g/mol. The van der Waals surface area contributed by atoms with Gasteiger partial charge in [0.2, 0.25) is 5.95 Å². The van der Waals surface area contributed by atoms with Crippen molar-refractivity contribution in [1.29, 1.82) is 0 Å². The Morgan fingerprint density at radius 2 is 1.91 bits per heavy atom. The van der Waals surface area contributed by atoms with E-state index in [1.54, 1.807) is 6.21 Å². The molecule has 1 unspecified atom stereocenters. The molecule has 2 aromatic heterocycles. The summed E-state index contributed by atoms with van der Waals surface area (Å²) in [5.41, 5.74) is 11.4. The summed E-state index contributed by atoms with van der Waals surface area (Å²) in [5.74, 6) is 0.239. The lowest BCUT2D eigenvalue weighted by atomic mass is 10.1. The third kappa shape index (κ3) is 4.26. The fourth-order valence-corrected chi connectivity index (χ4v) is 4.04. The van der Waals surface area contributed by atoms with Crippen LogP contribution in [-0.2, 0) is 9.47 Å². The number of hydrogen-bond donors (Lipinski definition) is 5. The molecule has 2 fully saturated rings. The Labute approximate surface area is 194 Å². The third-order valence-corrected chi connectivity index (χ3v) is 5.89. The molecule has 180 valence electrons.